The zero-order valence-corrected chi connectivity index (χ0v) is 9.67. The minimum absolute atomic E-state index is 0.624. The zero-order chi connectivity index (χ0) is 10.5. The largest absolute Gasteiger partial charge is 0.330 e. The van der Waals surface area contributed by atoms with Gasteiger partial charge in [-0.15, -0.1) is 0 Å². The van der Waals surface area contributed by atoms with E-state index >= 15 is 0 Å². The minimum atomic E-state index is 0.624. The summed E-state index contributed by atoms with van der Waals surface area (Å²) in [6, 6.07) is 0. The van der Waals surface area contributed by atoms with Crippen LogP contribution in [0.2, 0.25) is 0 Å². The highest BCUT2D eigenvalue weighted by Gasteiger charge is 2.16. The van der Waals surface area contributed by atoms with E-state index in [1.807, 2.05) is 24.2 Å². The Morgan fingerprint density at radius 3 is 2.53 bits per heavy atom. The zero-order valence-electron chi connectivity index (χ0n) is 8.85. The van der Waals surface area contributed by atoms with E-state index in [0.717, 1.165) is 12.2 Å². The fourth-order valence-corrected chi connectivity index (χ4v) is 2.97. The van der Waals surface area contributed by atoms with Gasteiger partial charge in [0.15, 0.2) is 0 Å². The molecule has 1 saturated heterocycles. The lowest BCUT2D eigenvalue weighted by Crippen LogP contribution is -2.10. The molecule has 82 valence electrons. The van der Waals surface area contributed by atoms with Crippen LogP contribution in [0.3, 0.4) is 0 Å². The third-order valence-corrected chi connectivity index (χ3v) is 3.83. The van der Waals surface area contributed by atoms with Gasteiger partial charge in [0.25, 0.3) is 0 Å². The van der Waals surface area contributed by atoms with Gasteiger partial charge >= 0.3 is 0 Å². The second-order valence-electron chi connectivity index (χ2n) is 3.86. The van der Waals surface area contributed by atoms with Crippen molar-refractivity contribution in [1.82, 2.24) is 9.97 Å². The summed E-state index contributed by atoms with van der Waals surface area (Å²) in [6.07, 6.45) is 7.28. The molecule has 1 aliphatic heterocycles. The summed E-state index contributed by atoms with van der Waals surface area (Å²) in [5.41, 5.74) is 6.76. The first-order chi connectivity index (χ1) is 7.40. The van der Waals surface area contributed by atoms with Crippen molar-refractivity contribution in [3.05, 3.63) is 23.8 Å². The van der Waals surface area contributed by atoms with Crippen LogP contribution in [0.5, 0.6) is 0 Å². The van der Waals surface area contributed by atoms with E-state index in [1.54, 1.807) is 0 Å². The Hall–Kier alpha value is -0.610. The molecule has 0 bridgehead atoms. The van der Waals surface area contributed by atoms with Crippen molar-refractivity contribution in [3.8, 4) is 0 Å². The molecule has 0 unspecified atom stereocenters. The molecule has 1 aromatic rings. The molecule has 1 fully saturated rings. The van der Waals surface area contributed by atoms with E-state index in [0.29, 0.717) is 12.5 Å². The topological polar surface area (TPSA) is 51.8 Å². The van der Waals surface area contributed by atoms with E-state index in [1.165, 1.54) is 29.9 Å². The standard InChI is InChI=1S/C11H17N3S/c12-4-1-11-13-7-10(8-14-11)9-2-5-15-6-3-9/h7-9H,1-6,12H2. The highest BCUT2D eigenvalue weighted by molar-refractivity contribution is 7.99. The van der Waals surface area contributed by atoms with Crippen LogP contribution in [0.15, 0.2) is 12.4 Å². The highest BCUT2D eigenvalue weighted by atomic mass is 32.2. The van der Waals surface area contributed by atoms with Gasteiger partial charge in [-0.1, -0.05) is 0 Å². The highest BCUT2D eigenvalue weighted by Crippen LogP contribution is 2.30. The quantitative estimate of drug-likeness (QED) is 0.845. The third-order valence-electron chi connectivity index (χ3n) is 2.79. The molecule has 1 aromatic heterocycles. The molecular weight excluding hydrogens is 206 g/mol. The molecule has 4 heteroatoms. The van der Waals surface area contributed by atoms with Crippen LogP contribution in [0.4, 0.5) is 0 Å². The van der Waals surface area contributed by atoms with Crippen molar-refractivity contribution in [2.24, 2.45) is 5.73 Å². The second-order valence-corrected chi connectivity index (χ2v) is 5.08. The summed E-state index contributed by atoms with van der Waals surface area (Å²) in [7, 11) is 0. The number of hydrogen-bond acceptors (Lipinski definition) is 4. The molecule has 0 atom stereocenters. The van der Waals surface area contributed by atoms with E-state index in [2.05, 4.69) is 9.97 Å². The fourth-order valence-electron chi connectivity index (χ4n) is 1.86. The lowest BCUT2D eigenvalue weighted by Gasteiger charge is -2.20. The summed E-state index contributed by atoms with van der Waals surface area (Å²) in [4.78, 5) is 8.69. The Morgan fingerprint density at radius 1 is 1.27 bits per heavy atom. The van der Waals surface area contributed by atoms with Gasteiger partial charge < -0.3 is 5.73 Å². The minimum Gasteiger partial charge on any atom is -0.330 e. The fraction of sp³-hybridized carbons (Fsp3) is 0.636. The number of nitrogens with zero attached hydrogens (tertiary/aromatic N) is 2. The normalized spacial score (nSPS) is 17.9. The summed E-state index contributed by atoms with van der Waals surface area (Å²) in [5, 5.41) is 0. The van der Waals surface area contributed by atoms with Crippen molar-refractivity contribution < 1.29 is 0 Å². The van der Waals surface area contributed by atoms with Crippen LogP contribution in [-0.4, -0.2) is 28.0 Å². The van der Waals surface area contributed by atoms with Crippen LogP contribution in [0.1, 0.15) is 30.1 Å². The molecular formula is C11H17N3S. The number of rotatable bonds is 3. The molecule has 0 aromatic carbocycles. The molecule has 0 amide bonds. The first-order valence-corrected chi connectivity index (χ1v) is 6.64. The number of aromatic nitrogens is 2. The Balaban J connectivity index is 2.02. The smallest absolute Gasteiger partial charge is 0.129 e. The van der Waals surface area contributed by atoms with Crippen molar-refractivity contribution in [2.45, 2.75) is 25.2 Å². The predicted octanol–water partition coefficient (Wildman–Crippen LogP) is 1.59. The first kappa shape index (κ1) is 10.9. The van der Waals surface area contributed by atoms with Crippen molar-refractivity contribution in [1.29, 1.82) is 0 Å². The average Bonchev–Trinajstić information content (AvgIpc) is 2.32. The van der Waals surface area contributed by atoms with Crippen molar-refractivity contribution >= 4 is 11.8 Å². The van der Waals surface area contributed by atoms with Gasteiger partial charge in [-0.05, 0) is 42.4 Å². The van der Waals surface area contributed by atoms with E-state index in [4.69, 9.17) is 5.73 Å². The van der Waals surface area contributed by atoms with Gasteiger partial charge in [0.05, 0.1) is 0 Å². The average molecular weight is 223 g/mol. The summed E-state index contributed by atoms with van der Waals surface area (Å²) < 4.78 is 0. The maximum atomic E-state index is 5.46. The SMILES string of the molecule is NCCc1ncc(C2CCSCC2)cn1. The molecule has 1 aliphatic rings. The van der Waals surface area contributed by atoms with E-state index in [9.17, 15) is 0 Å². The molecule has 0 radical (unpaired) electrons. The molecule has 0 saturated carbocycles. The van der Waals surface area contributed by atoms with Crippen molar-refractivity contribution in [2.75, 3.05) is 18.1 Å². The maximum absolute atomic E-state index is 5.46. The van der Waals surface area contributed by atoms with E-state index in [-0.39, 0.29) is 0 Å². The van der Waals surface area contributed by atoms with Gasteiger partial charge in [0, 0.05) is 18.8 Å². The lowest BCUT2D eigenvalue weighted by molar-refractivity contribution is 0.629. The van der Waals surface area contributed by atoms with Gasteiger partial charge in [-0.25, -0.2) is 9.97 Å². The Bertz CT molecular complexity index is 293. The van der Waals surface area contributed by atoms with Crippen LogP contribution >= 0.6 is 11.8 Å². The number of thioether (sulfide) groups is 1. The van der Waals surface area contributed by atoms with E-state index < -0.39 is 0 Å². The molecule has 0 spiro atoms. The Labute approximate surface area is 94.9 Å². The van der Waals surface area contributed by atoms with Crippen LogP contribution < -0.4 is 5.73 Å². The molecule has 2 heterocycles. The van der Waals surface area contributed by atoms with Gasteiger partial charge in [-0.3, -0.25) is 0 Å². The van der Waals surface area contributed by atoms with Crippen LogP contribution in [0.25, 0.3) is 0 Å². The molecule has 3 nitrogen and oxygen atoms in total. The van der Waals surface area contributed by atoms with Gasteiger partial charge in [0.2, 0.25) is 0 Å². The lowest BCUT2D eigenvalue weighted by atomic mass is 9.96. The van der Waals surface area contributed by atoms with Crippen LogP contribution in [0, 0.1) is 0 Å². The second kappa shape index (κ2) is 5.47. The Morgan fingerprint density at radius 2 is 1.93 bits per heavy atom. The monoisotopic (exact) mass is 223 g/mol. The van der Waals surface area contributed by atoms with Crippen molar-refractivity contribution in [3.63, 3.8) is 0 Å². The Kier molecular flexibility index (Phi) is 3.97. The van der Waals surface area contributed by atoms with Crippen LogP contribution in [-0.2, 0) is 6.42 Å². The molecule has 2 N–H and O–H groups in total. The summed E-state index contributed by atoms with van der Waals surface area (Å²) in [6.45, 7) is 0.624. The first-order valence-electron chi connectivity index (χ1n) is 5.49. The van der Waals surface area contributed by atoms with Gasteiger partial charge in [-0.2, -0.15) is 11.8 Å². The molecule has 0 aliphatic carbocycles. The molecule has 15 heavy (non-hydrogen) atoms. The predicted molar refractivity (Wildman–Crippen MR) is 64.1 cm³/mol. The number of nitrogens with two attached hydrogens (primary N) is 1. The summed E-state index contributed by atoms with van der Waals surface area (Å²) >= 11 is 2.05. The number of hydrogen-bond donors (Lipinski definition) is 1. The third kappa shape index (κ3) is 2.92. The maximum Gasteiger partial charge on any atom is 0.129 e. The van der Waals surface area contributed by atoms with Gasteiger partial charge in [0.1, 0.15) is 5.82 Å². The molecule has 2 rings (SSSR count). The summed E-state index contributed by atoms with van der Waals surface area (Å²) in [5.74, 6) is 4.09.